The average Bonchev–Trinajstić information content (AvgIpc) is 3.25. The number of carbonyl (C=O) groups is 2. The van der Waals surface area contributed by atoms with Gasteiger partial charge in [-0.2, -0.15) is 0 Å². The minimum Gasteiger partial charge on any atom is -0.388 e. The molecule has 2 fully saturated rings. The predicted molar refractivity (Wildman–Crippen MR) is 88.6 cm³/mol. The molecule has 0 spiro atoms. The summed E-state index contributed by atoms with van der Waals surface area (Å²) in [6.07, 6.45) is 3.87. The summed E-state index contributed by atoms with van der Waals surface area (Å²) >= 11 is 1.63. The number of imide groups is 1. The van der Waals surface area contributed by atoms with Crippen LogP contribution in [-0.2, 0) is 5.41 Å². The number of thiophene rings is 1. The van der Waals surface area contributed by atoms with Crippen LogP contribution in [0.1, 0.15) is 48.5 Å². The highest BCUT2D eigenvalue weighted by atomic mass is 32.1. The van der Waals surface area contributed by atoms with Gasteiger partial charge in [0.25, 0.3) is 0 Å². The Balaban J connectivity index is 1.71. The van der Waals surface area contributed by atoms with Crippen molar-refractivity contribution < 1.29 is 14.7 Å². The normalized spacial score (nSPS) is 21.3. The molecule has 1 saturated carbocycles. The second kappa shape index (κ2) is 6.49. The van der Waals surface area contributed by atoms with E-state index in [1.165, 1.54) is 9.78 Å². The van der Waals surface area contributed by atoms with E-state index in [-0.39, 0.29) is 17.5 Å². The fourth-order valence-electron chi connectivity index (χ4n) is 3.43. The van der Waals surface area contributed by atoms with Gasteiger partial charge >= 0.3 is 12.1 Å². The zero-order valence-corrected chi connectivity index (χ0v) is 14.1. The maximum atomic E-state index is 12.2. The average molecular weight is 337 g/mol. The molecular weight excluding hydrogens is 314 g/mol. The summed E-state index contributed by atoms with van der Waals surface area (Å²) in [5.74, 6) is 0. The van der Waals surface area contributed by atoms with Gasteiger partial charge in [0.2, 0.25) is 0 Å². The molecule has 1 unspecified atom stereocenters. The number of amides is 4. The van der Waals surface area contributed by atoms with Crippen molar-refractivity contribution in [3.63, 3.8) is 0 Å². The van der Waals surface area contributed by atoms with Crippen LogP contribution >= 0.6 is 11.3 Å². The third-order valence-corrected chi connectivity index (χ3v) is 6.30. The maximum absolute atomic E-state index is 12.2. The molecule has 126 valence electrons. The lowest BCUT2D eigenvalue weighted by molar-refractivity contribution is 0.196. The Labute approximate surface area is 139 Å². The highest BCUT2D eigenvalue weighted by molar-refractivity contribution is 7.12. The molecule has 1 aliphatic carbocycles. The van der Waals surface area contributed by atoms with E-state index in [9.17, 15) is 14.7 Å². The summed E-state index contributed by atoms with van der Waals surface area (Å²) in [5, 5.41) is 15.3. The molecule has 1 aliphatic heterocycles. The number of carbonyl (C=O) groups excluding carboxylic acids is 2. The highest BCUT2D eigenvalue weighted by Gasteiger charge is 2.38. The molecular formula is C16H23N3O3S. The smallest absolute Gasteiger partial charge is 0.325 e. The van der Waals surface area contributed by atoms with Gasteiger partial charge < -0.3 is 15.7 Å². The van der Waals surface area contributed by atoms with Crippen molar-refractivity contribution in [1.82, 2.24) is 15.5 Å². The molecule has 1 atom stereocenters. The molecule has 7 heteroatoms. The van der Waals surface area contributed by atoms with Crippen molar-refractivity contribution >= 4 is 23.4 Å². The third-order valence-electron chi connectivity index (χ3n) is 4.80. The molecule has 1 aromatic rings. The predicted octanol–water partition coefficient (Wildman–Crippen LogP) is 2.35. The Bertz CT molecular complexity index is 593. The van der Waals surface area contributed by atoms with E-state index >= 15 is 0 Å². The van der Waals surface area contributed by atoms with Crippen molar-refractivity contribution in [1.29, 1.82) is 0 Å². The summed E-state index contributed by atoms with van der Waals surface area (Å²) in [5.41, 5.74) is -0.0658. The summed E-state index contributed by atoms with van der Waals surface area (Å²) in [6, 6.07) is 3.40. The van der Waals surface area contributed by atoms with Gasteiger partial charge in [-0.05, 0) is 31.9 Å². The van der Waals surface area contributed by atoms with Gasteiger partial charge in [-0.15, -0.1) is 11.3 Å². The van der Waals surface area contributed by atoms with Crippen LogP contribution < -0.4 is 10.6 Å². The van der Waals surface area contributed by atoms with E-state index in [2.05, 4.69) is 16.7 Å². The molecule has 23 heavy (non-hydrogen) atoms. The Morgan fingerprint density at radius 2 is 2.22 bits per heavy atom. The largest absolute Gasteiger partial charge is 0.388 e. The quantitative estimate of drug-likeness (QED) is 0.789. The van der Waals surface area contributed by atoms with E-state index in [0.29, 0.717) is 19.6 Å². The maximum Gasteiger partial charge on any atom is 0.325 e. The minimum atomic E-state index is -0.463. The molecule has 0 bridgehead atoms. The van der Waals surface area contributed by atoms with E-state index in [1.54, 1.807) is 18.3 Å². The fraction of sp³-hybridized carbons (Fsp3) is 0.625. The molecule has 1 saturated heterocycles. The zero-order valence-electron chi connectivity index (χ0n) is 13.3. The molecule has 4 amide bonds. The van der Waals surface area contributed by atoms with Crippen LogP contribution in [0.3, 0.4) is 0 Å². The van der Waals surface area contributed by atoms with E-state index in [0.717, 1.165) is 30.6 Å². The molecule has 3 N–H and O–H groups in total. The second-order valence-corrected chi connectivity index (χ2v) is 7.52. The van der Waals surface area contributed by atoms with Crippen molar-refractivity contribution in [2.24, 2.45) is 0 Å². The first-order valence-electron chi connectivity index (χ1n) is 8.13. The molecule has 0 aromatic carbocycles. The lowest BCUT2D eigenvalue weighted by Gasteiger charge is -2.29. The Hall–Kier alpha value is -1.60. The van der Waals surface area contributed by atoms with Crippen molar-refractivity contribution in [3.05, 3.63) is 21.9 Å². The van der Waals surface area contributed by atoms with Gasteiger partial charge in [-0.3, -0.25) is 0 Å². The fourth-order valence-corrected chi connectivity index (χ4v) is 4.62. The van der Waals surface area contributed by atoms with Gasteiger partial charge in [0.15, 0.2) is 0 Å². The summed E-state index contributed by atoms with van der Waals surface area (Å²) in [6.45, 7) is 3.24. The SMILES string of the molecule is CC(O)c1ccc(C2(CNC(=O)N3CCNC3=O)CCCC2)s1. The first kappa shape index (κ1) is 16.3. The Kier molecular flexibility index (Phi) is 4.59. The standard InChI is InChI=1S/C16H23N3O3S/c1-11(20)12-4-5-13(23-12)16(6-2-3-7-16)10-18-15(22)19-9-8-17-14(19)21/h4-5,11,20H,2-3,6-10H2,1H3,(H,17,21)(H,18,22). The van der Waals surface area contributed by atoms with Crippen LogP contribution in [0.25, 0.3) is 0 Å². The van der Waals surface area contributed by atoms with Crippen molar-refractivity contribution in [2.75, 3.05) is 19.6 Å². The molecule has 3 rings (SSSR count). The number of urea groups is 2. The number of hydrogen-bond acceptors (Lipinski definition) is 4. The summed E-state index contributed by atoms with van der Waals surface area (Å²) in [4.78, 5) is 27.2. The number of aliphatic hydroxyl groups is 1. The van der Waals surface area contributed by atoms with Crippen LogP contribution in [0.5, 0.6) is 0 Å². The first-order chi connectivity index (χ1) is 11.0. The molecule has 2 aliphatic rings. The number of nitrogens with one attached hydrogen (secondary N) is 2. The number of aliphatic hydroxyl groups excluding tert-OH is 1. The summed E-state index contributed by atoms with van der Waals surface area (Å²) in [7, 11) is 0. The monoisotopic (exact) mass is 337 g/mol. The number of rotatable bonds is 4. The second-order valence-electron chi connectivity index (χ2n) is 6.41. The van der Waals surface area contributed by atoms with Crippen LogP contribution in [0, 0.1) is 0 Å². The third kappa shape index (κ3) is 3.21. The van der Waals surface area contributed by atoms with Gasteiger partial charge in [0, 0.05) is 34.8 Å². The van der Waals surface area contributed by atoms with Gasteiger partial charge in [-0.25, -0.2) is 14.5 Å². The van der Waals surface area contributed by atoms with Gasteiger partial charge in [0.1, 0.15) is 0 Å². The summed E-state index contributed by atoms with van der Waals surface area (Å²) < 4.78 is 0. The van der Waals surface area contributed by atoms with E-state index in [1.807, 2.05) is 6.07 Å². The van der Waals surface area contributed by atoms with Crippen LogP contribution in [0.15, 0.2) is 12.1 Å². The molecule has 1 aromatic heterocycles. The lowest BCUT2D eigenvalue weighted by atomic mass is 9.84. The van der Waals surface area contributed by atoms with Crippen molar-refractivity contribution in [3.8, 4) is 0 Å². The first-order valence-corrected chi connectivity index (χ1v) is 8.95. The lowest BCUT2D eigenvalue weighted by Crippen LogP contribution is -2.46. The minimum absolute atomic E-state index is 0.0658. The highest BCUT2D eigenvalue weighted by Crippen LogP contribution is 2.44. The molecule has 0 radical (unpaired) electrons. The van der Waals surface area contributed by atoms with Crippen LogP contribution in [0.4, 0.5) is 9.59 Å². The van der Waals surface area contributed by atoms with Crippen molar-refractivity contribution in [2.45, 2.75) is 44.1 Å². The molecule has 2 heterocycles. The Morgan fingerprint density at radius 1 is 1.48 bits per heavy atom. The number of nitrogens with zero attached hydrogens (tertiary/aromatic N) is 1. The van der Waals surface area contributed by atoms with Gasteiger partial charge in [0.05, 0.1) is 6.10 Å². The van der Waals surface area contributed by atoms with Gasteiger partial charge in [-0.1, -0.05) is 12.8 Å². The van der Waals surface area contributed by atoms with E-state index in [4.69, 9.17) is 0 Å². The molecule has 6 nitrogen and oxygen atoms in total. The van der Waals surface area contributed by atoms with Crippen LogP contribution in [-0.4, -0.2) is 41.7 Å². The Morgan fingerprint density at radius 3 is 2.78 bits per heavy atom. The number of hydrogen-bond donors (Lipinski definition) is 3. The van der Waals surface area contributed by atoms with Crippen LogP contribution in [0.2, 0.25) is 0 Å². The van der Waals surface area contributed by atoms with E-state index < -0.39 is 6.10 Å². The zero-order chi connectivity index (χ0) is 16.4. The topological polar surface area (TPSA) is 81.7 Å².